The van der Waals surface area contributed by atoms with Crippen molar-refractivity contribution in [1.29, 1.82) is 0 Å². The number of hydrogen-bond acceptors (Lipinski definition) is 12. The molecular weight excluding hydrogens is 833 g/mol. The molecule has 0 bridgehead atoms. The Kier molecular flexibility index (Phi) is 19.9. The summed E-state index contributed by atoms with van der Waals surface area (Å²) in [5.41, 5.74) is 10.6. The largest absolute Gasteiger partial charge is 0.457 e. The summed E-state index contributed by atoms with van der Waals surface area (Å²) in [5.74, 6) is -3.25. The zero-order chi connectivity index (χ0) is 48.6. The van der Waals surface area contributed by atoms with Crippen LogP contribution in [0, 0.1) is 22.7 Å². The quantitative estimate of drug-likeness (QED) is 0.0506. The molecule has 7 N–H and O–H groups in total. The van der Waals surface area contributed by atoms with E-state index in [-0.39, 0.29) is 25.4 Å². The molecule has 17 nitrogen and oxygen atoms in total. The highest BCUT2D eigenvalue weighted by Gasteiger charge is 2.40. The Morgan fingerprint density at radius 1 is 0.662 bits per heavy atom. The van der Waals surface area contributed by atoms with Crippen molar-refractivity contribution < 1.29 is 43.0 Å². The maximum atomic E-state index is 14.5. The van der Waals surface area contributed by atoms with Gasteiger partial charge in [-0.3, -0.25) is 24.8 Å². The molecule has 3 rings (SSSR count). The van der Waals surface area contributed by atoms with Gasteiger partial charge in [-0.15, -0.1) is 0 Å². The van der Waals surface area contributed by atoms with Crippen LogP contribution in [0.5, 0.6) is 0 Å². The summed E-state index contributed by atoms with van der Waals surface area (Å²) in [6, 6.07) is 17.0. The van der Waals surface area contributed by atoms with Gasteiger partial charge in [0.15, 0.2) is 0 Å². The Morgan fingerprint density at radius 3 is 1.71 bits per heavy atom. The van der Waals surface area contributed by atoms with Gasteiger partial charge >= 0.3 is 18.2 Å². The summed E-state index contributed by atoms with van der Waals surface area (Å²) in [5, 5.41) is 12.6. The van der Waals surface area contributed by atoms with Crippen molar-refractivity contribution in [2.45, 2.75) is 119 Å². The van der Waals surface area contributed by atoms with Crippen molar-refractivity contribution in [2.75, 3.05) is 20.8 Å². The van der Waals surface area contributed by atoms with E-state index >= 15 is 0 Å². The molecule has 356 valence electrons. The number of benzene rings is 2. The number of aromatic nitrogens is 1. The SMILES string of the molecule is COC(=O)N[C@H](C(=O)N[C@@H](Cc1ccccc1)[C@H](CN(Cc1ccc(-c2ccccn2)cc1)NC(=O)[C@@H](NC(=O)OC)C(C)(C)C)OC(=O)[C@H](NC(=O)[C@@H](N)C(C)C)C(C)C)C(C)(C)C. The highest BCUT2D eigenvalue weighted by molar-refractivity contribution is 5.89. The maximum absolute atomic E-state index is 14.5. The van der Waals surface area contributed by atoms with Crippen LogP contribution in [0.15, 0.2) is 79.0 Å². The van der Waals surface area contributed by atoms with E-state index in [1.807, 2.05) is 72.8 Å². The van der Waals surface area contributed by atoms with Gasteiger partial charge in [0.1, 0.15) is 24.2 Å². The number of carbonyl (C=O) groups excluding carboxylic acids is 6. The van der Waals surface area contributed by atoms with Crippen molar-refractivity contribution in [3.05, 3.63) is 90.1 Å². The Labute approximate surface area is 383 Å². The average Bonchev–Trinajstić information content (AvgIpc) is 3.25. The zero-order valence-electron chi connectivity index (χ0n) is 39.9. The van der Waals surface area contributed by atoms with Gasteiger partial charge in [-0.25, -0.2) is 19.4 Å². The predicted octanol–water partition coefficient (Wildman–Crippen LogP) is 4.89. The van der Waals surface area contributed by atoms with Crippen LogP contribution in [0.3, 0.4) is 0 Å². The lowest BCUT2D eigenvalue weighted by atomic mass is 9.85. The molecule has 17 heteroatoms. The number of carbonyl (C=O) groups is 6. The third kappa shape index (κ3) is 16.8. The van der Waals surface area contributed by atoms with Gasteiger partial charge in [-0.2, -0.15) is 0 Å². The van der Waals surface area contributed by atoms with Gasteiger partial charge in [0.25, 0.3) is 5.91 Å². The van der Waals surface area contributed by atoms with Crippen LogP contribution in [-0.4, -0.2) is 103 Å². The molecule has 3 aromatic rings. The number of rotatable bonds is 20. The summed E-state index contributed by atoms with van der Waals surface area (Å²) >= 11 is 0. The van der Waals surface area contributed by atoms with E-state index in [0.29, 0.717) is 0 Å². The number of alkyl carbamates (subject to hydrolysis) is 2. The van der Waals surface area contributed by atoms with Crippen molar-refractivity contribution >= 4 is 35.9 Å². The summed E-state index contributed by atoms with van der Waals surface area (Å²) in [6.45, 7) is 17.6. The number of nitrogens with one attached hydrogen (secondary N) is 5. The third-order valence-corrected chi connectivity index (χ3v) is 10.7. The fourth-order valence-electron chi connectivity index (χ4n) is 6.76. The fraction of sp³-hybridized carbons (Fsp3) is 0.521. The van der Waals surface area contributed by atoms with Crippen LogP contribution < -0.4 is 32.4 Å². The number of nitrogens with zero attached hydrogens (tertiary/aromatic N) is 2. The Bertz CT molecular complexity index is 2020. The van der Waals surface area contributed by atoms with E-state index in [1.54, 1.807) is 80.4 Å². The fourth-order valence-corrected chi connectivity index (χ4v) is 6.76. The molecule has 0 spiro atoms. The summed E-state index contributed by atoms with van der Waals surface area (Å²) in [4.78, 5) is 86.2. The molecule has 2 aromatic carbocycles. The predicted molar refractivity (Wildman–Crippen MR) is 247 cm³/mol. The molecule has 0 unspecified atom stereocenters. The van der Waals surface area contributed by atoms with Gasteiger partial charge < -0.3 is 41.2 Å². The van der Waals surface area contributed by atoms with Gasteiger partial charge in [-0.05, 0) is 52.3 Å². The molecule has 0 aliphatic carbocycles. The highest BCUT2D eigenvalue weighted by atomic mass is 16.6. The molecule has 5 amide bonds. The number of amides is 5. The molecule has 0 radical (unpaired) electrons. The van der Waals surface area contributed by atoms with Crippen molar-refractivity contribution in [3.63, 3.8) is 0 Å². The molecule has 0 aliphatic heterocycles. The lowest BCUT2D eigenvalue weighted by molar-refractivity contribution is -0.159. The number of ether oxygens (including phenoxy) is 3. The van der Waals surface area contributed by atoms with E-state index in [9.17, 15) is 28.8 Å². The number of hydrazine groups is 1. The van der Waals surface area contributed by atoms with E-state index < -0.39 is 88.9 Å². The van der Waals surface area contributed by atoms with Crippen molar-refractivity contribution in [2.24, 2.45) is 28.4 Å². The first-order chi connectivity index (χ1) is 30.4. The molecule has 0 saturated carbocycles. The minimum absolute atomic E-state index is 0.0471. The van der Waals surface area contributed by atoms with Crippen LogP contribution in [0.4, 0.5) is 9.59 Å². The summed E-state index contributed by atoms with van der Waals surface area (Å²) in [7, 11) is 2.39. The van der Waals surface area contributed by atoms with E-state index in [0.717, 1.165) is 22.4 Å². The van der Waals surface area contributed by atoms with Crippen LogP contribution in [0.2, 0.25) is 0 Å². The summed E-state index contributed by atoms with van der Waals surface area (Å²) in [6.07, 6.45) is -1.08. The number of hydrogen-bond donors (Lipinski definition) is 6. The number of methoxy groups -OCH3 is 2. The Hall–Kier alpha value is -6.07. The normalized spacial score (nSPS) is 14.5. The summed E-state index contributed by atoms with van der Waals surface area (Å²) < 4.78 is 16.2. The lowest BCUT2D eigenvalue weighted by Gasteiger charge is -2.37. The van der Waals surface area contributed by atoms with Gasteiger partial charge in [0.05, 0.1) is 38.5 Å². The van der Waals surface area contributed by atoms with E-state index in [2.05, 4.69) is 31.7 Å². The van der Waals surface area contributed by atoms with E-state index in [1.165, 1.54) is 14.2 Å². The van der Waals surface area contributed by atoms with Gasteiger partial charge in [0.2, 0.25) is 11.8 Å². The van der Waals surface area contributed by atoms with Crippen LogP contribution in [0.25, 0.3) is 11.3 Å². The topological polar surface area (TPSA) is 232 Å². The smallest absolute Gasteiger partial charge is 0.407 e. The van der Waals surface area contributed by atoms with Crippen molar-refractivity contribution in [3.8, 4) is 11.3 Å². The van der Waals surface area contributed by atoms with Crippen LogP contribution >= 0.6 is 0 Å². The molecule has 65 heavy (non-hydrogen) atoms. The van der Waals surface area contributed by atoms with Crippen LogP contribution in [0.1, 0.15) is 80.4 Å². The standard InChI is InChI=1S/C48H70N8O9/c1-29(2)37(49)41(57)52-38(30(3)4)44(60)65-36(35(26-31-18-14-13-15-19-31)51-42(58)39(47(5,6)7)53-45(61)63-11)28-56(55-43(59)40(48(8,9)10)54-46(62)64-12)27-32-21-23-33(24-22-32)34-20-16-17-25-50-34/h13-25,29-30,35-40H,26-28,49H2,1-12H3,(H,51,58)(H,52,57)(H,53,61)(H,54,62)(H,55,59)/t35-,36-,37-,38+,39+,40+/m0/s1. The van der Waals surface area contributed by atoms with Crippen molar-refractivity contribution in [1.82, 2.24) is 36.7 Å². The second kappa shape index (κ2) is 24.3. The zero-order valence-corrected chi connectivity index (χ0v) is 39.9. The first kappa shape index (κ1) is 53.3. The minimum atomic E-state index is -1.25. The lowest BCUT2D eigenvalue weighted by Crippen LogP contribution is -2.62. The molecule has 1 aromatic heterocycles. The molecule has 1 heterocycles. The third-order valence-electron chi connectivity index (χ3n) is 10.7. The first-order valence-electron chi connectivity index (χ1n) is 21.8. The highest BCUT2D eigenvalue weighted by Crippen LogP contribution is 2.24. The first-order valence-corrected chi connectivity index (χ1v) is 21.8. The second-order valence-electron chi connectivity index (χ2n) is 18.9. The second-order valence-corrected chi connectivity index (χ2v) is 18.9. The molecule has 0 fully saturated rings. The molecular formula is C48H70N8O9. The Balaban J connectivity index is 2.25. The number of esters is 1. The van der Waals surface area contributed by atoms with E-state index in [4.69, 9.17) is 19.9 Å². The van der Waals surface area contributed by atoms with Crippen LogP contribution in [-0.2, 0) is 46.4 Å². The minimum Gasteiger partial charge on any atom is -0.457 e. The monoisotopic (exact) mass is 903 g/mol. The van der Waals surface area contributed by atoms with Gasteiger partial charge in [0, 0.05) is 18.3 Å². The van der Waals surface area contributed by atoms with Gasteiger partial charge in [-0.1, -0.05) is 130 Å². The molecule has 6 atom stereocenters. The molecule has 0 saturated heterocycles. The number of nitrogens with two attached hydrogens (primary N) is 1. The average molecular weight is 903 g/mol. The number of pyridine rings is 1. The molecule has 0 aliphatic rings. The maximum Gasteiger partial charge on any atom is 0.407 e. The Morgan fingerprint density at radius 2 is 1.22 bits per heavy atom.